The van der Waals surface area contributed by atoms with Crippen molar-refractivity contribution in [3.8, 4) is 0 Å². The number of aryl methyl sites for hydroxylation is 2. The van der Waals surface area contributed by atoms with Crippen LogP contribution < -0.4 is 16.0 Å². The predicted octanol–water partition coefficient (Wildman–Crippen LogP) is 1.81. The van der Waals surface area contributed by atoms with Gasteiger partial charge in [-0.15, -0.1) is 0 Å². The maximum absolute atomic E-state index is 12.5. The highest BCUT2D eigenvalue weighted by molar-refractivity contribution is 7.89. The lowest BCUT2D eigenvalue weighted by Crippen LogP contribution is -2.51. The molecule has 6 heteroatoms. The summed E-state index contributed by atoms with van der Waals surface area (Å²) in [6.45, 7) is 5.52. The van der Waals surface area contributed by atoms with Gasteiger partial charge in [-0.2, -0.15) is 0 Å². The van der Waals surface area contributed by atoms with Gasteiger partial charge < -0.3 is 5.43 Å². The number of hydrogen-bond donors (Lipinski definition) is 3. The Hall–Kier alpha value is -1.11. The fourth-order valence-corrected chi connectivity index (χ4v) is 4.56. The fourth-order valence-electron chi connectivity index (χ4n) is 2.64. The van der Waals surface area contributed by atoms with Gasteiger partial charge in [-0.1, -0.05) is 0 Å². The van der Waals surface area contributed by atoms with E-state index < -0.39 is 10.0 Å². The lowest BCUT2D eigenvalue weighted by Gasteiger charge is -2.38. The van der Waals surface area contributed by atoms with E-state index in [1.54, 1.807) is 26.0 Å². The quantitative estimate of drug-likeness (QED) is 0.581. The Kier molecular flexibility index (Phi) is 3.59. The third-order valence-electron chi connectivity index (χ3n) is 3.73. The van der Waals surface area contributed by atoms with Crippen molar-refractivity contribution in [3.05, 3.63) is 23.3 Å². The molecular weight excluding hydrogens is 262 g/mol. The summed E-state index contributed by atoms with van der Waals surface area (Å²) in [5.41, 5.74) is 4.36. The monoisotopic (exact) mass is 283 g/mol. The lowest BCUT2D eigenvalue weighted by atomic mass is 9.80. The minimum Gasteiger partial charge on any atom is -0.324 e. The topological polar surface area (TPSA) is 84.2 Å². The van der Waals surface area contributed by atoms with E-state index in [4.69, 9.17) is 5.84 Å². The van der Waals surface area contributed by atoms with Crippen LogP contribution in [0.3, 0.4) is 0 Å². The van der Waals surface area contributed by atoms with E-state index in [1.165, 1.54) is 0 Å². The molecule has 0 aliphatic heterocycles. The van der Waals surface area contributed by atoms with Crippen LogP contribution in [0.4, 0.5) is 5.69 Å². The van der Waals surface area contributed by atoms with Gasteiger partial charge in [0.05, 0.1) is 4.90 Å². The van der Waals surface area contributed by atoms with Gasteiger partial charge in [-0.3, -0.25) is 5.84 Å². The van der Waals surface area contributed by atoms with Gasteiger partial charge in [-0.05, 0) is 63.3 Å². The Bertz CT molecular complexity index is 569. The fraction of sp³-hybridized carbons (Fsp3) is 0.538. The molecule has 1 fully saturated rings. The first-order chi connectivity index (χ1) is 8.77. The van der Waals surface area contributed by atoms with E-state index in [2.05, 4.69) is 10.1 Å². The number of anilines is 1. The molecule has 1 aromatic rings. The van der Waals surface area contributed by atoms with Crippen LogP contribution in [0.5, 0.6) is 0 Å². The van der Waals surface area contributed by atoms with Gasteiger partial charge in [0.1, 0.15) is 0 Å². The molecule has 0 bridgehead atoms. The summed E-state index contributed by atoms with van der Waals surface area (Å²) in [5, 5.41) is 0. The van der Waals surface area contributed by atoms with E-state index in [0.717, 1.165) is 19.3 Å². The Morgan fingerprint density at radius 2 is 1.74 bits per heavy atom. The summed E-state index contributed by atoms with van der Waals surface area (Å²) in [5.74, 6) is 5.36. The van der Waals surface area contributed by atoms with Crippen LogP contribution >= 0.6 is 0 Å². The van der Waals surface area contributed by atoms with Crippen LogP contribution in [0.15, 0.2) is 17.0 Å². The van der Waals surface area contributed by atoms with E-state index in [9.17, 15) is 8.42 Å². The highest BCUT2D eigenvalue weighted by Crippen LogP contribution is 2.34. The lowest BCUT2D eigenvalue weighted by molar-refractivity contribution is 0.248. The number of rotatable bonds is 4. The minimum atomic E-state index is -3.48. The van der Waals surface area contributed by atoms with Crippen molar-refractivity contribution in [3.63, 3.8) is 0 Å². The number of nitrogen functional groups attached to an aromatic ring is 1. The third kappa shape index (κ3) is 2.75. The SMILES string of the molecule is Cc1cc(NN)cc(C)c1S(=O)(=O)NC1(C)CCC1. The van der Waals surface area contributed by atoms with Gasteiger partial charge in [-0.25, -0.2) is 13.1 Å². The zero-order chi connectivity index (χ0) is 14.3. The Balaban J connectivity index is 2.40. The molecule has 2 rings (SSSR count). The summed E-state index contributed by atoms with van der Waals surface area (Å²) in [6, 6.07) is 3.48. The summed E-state index contributed by atoms with van der Waals surface area (Å²) in [7, 11) is -3.48. The Labute approximate surface area is 114 Å². The number of hydrazine groups is 1. The van der Waals surface area contributed by atoms with Crippen molar-refractivity contribution in [2.75, 3.05) is 5.43 Å². The molecule has 19 heavy (non-hydrogen) atoms. The third-order valence-corrected chi connectivity index (χ3v) is 5.68. The molecule has 1 aliphatic rings. The zero-order valence-corrected chi connectivity index (χ0v) is 12.4. The van der Waals surface area contributed by atoms with E-state index in [0.29, 0.717) is 21.7 Å². The Morgan fingerprint density at radius 3 is 2.11 bits per heavy atom. The van der Waals surface area contributed by atoms with Gasteiger partial charge >= 0.3 is 0 Å². The Morgan fingerprint density at radius 1 is 1.21 bits per heavy atom. The number of nitrogens with two attached hydrogens (primary N) is 1. The normalized spacial score (nSPS) is 17.9. The first-order valence-corrected chi connectivity index (χ1v) is 7.88. The molecule has 5 nitrogen and oxygen atoms in total. The van der Waals surface area contributed by atoms with Crippen molar-refractivity contribution in [1.29, 1.82) is 0 Å². The summed E-state index contributed by atoms with van der Waals surface area (Å²) in [6.07, 6.45) is 2.87. The van der Waals surface area contributed by atoms with Crippen LogP contribution in [0.25, 0.3) is 0 Å². The molecule has 4 N–H and O–H groups in total. The van der Waals surface area contributed by atoms with Crippen molar-refractivity contribution in [2.24, 2.45) is 5.84 Å². The van der Waals surface area contributed by atoms with Crippen LogP contribution in [0.2, 0.25) is 0 Å². The average molecular weight is 283 g/mol. The van der Waals surface area contributed by atoms with E-state index >= 15 is 0 Å². The van der Waals surface area contributed by atoms with Crippen molar-refractivity contribution < 1.29 is 8.42 Å². The van der Waals surface area contributed by atoms with Gasteiger partial charge in [0.2, 0.25) is 10.0 Å². The van der Waals surface area contributed by atoms with Crippen LogP contribution in [-0.4, -0.2) is 14.0 Å². The largest absolute Gasteiger partial charge is 0.324 e. The molecular formula is C13H21N3O2S. The molecule has 1 aliphatic carbocycles. The maximum atomic E-state index is 12.5. The summed E-state index contributed by atoms with van der Waals surface area (Å²) in [4.78, 5) is 0.361. The van der Waals surface area contributed by atoms with Crippen molar-refractivity contribution in [1.82, 2.24) is 4.72 Å². The van der Waals surface area contributed by atoms with Gasteiger partial charge in [0, 0.05) is 11.2 Å². The first kappa shape index (κ1) is 14.3. The molecule has 1 aromatic carbocycles. The van der Waals surface area contributed by atoms with E-state index in [-0.39, 0.29) is 5.54 Å². The molecule has 0 spiro atoms. The second-order valence-electron chi connectivity index (χ2n) is 5.60. The van der Waals surface area contributed by atoms with Gasteiger partial charge in [0.15, 0.2) is 0 Å². The number of nitrogens with one attached hydrogen (secondary N) is 2. The molecule has 0 heterocycles. The molecule has 0 aromatic heterocycles. The second-order valence-corrected chi connectivity index (χ2v) is 7.22. The van der Waals surface area contributed by atoms with E-state index in [1.807, 2.05) is 6.92 Å². The second kappa shape index (κ2) is 4.77. The summed E-state index contributed by atoms with van der Waals surface area (Å²) >= 11 is 0. The predicted molar refractivity (Wildman–Crippen MR) is 76.3 cm³/mol. The van der Waals surface area contributed by atoms with Crippen LogP contribution in [0.1, 0.15) is 37.3 Å². The number of sulfonamides is 1. The number of benzene rings is 1. The highest BCUT2D eigenvalue weighted by Gasteiger charge is 2.37. The molecule has 106 valence electrons. The molecule has 1 saturated carbocycles. The van der Waals surface area contributed by atoms with Crippen LogP contribution in [0, 0.1) is 13.8 Å². The smallest absolute Gasteiger partial charge is 0.241 e. The standard InChI is InChI=1S/C13H21N3O2S/c1-9-7-11(15-14)8-10(2)12(9)19(17,18)16-13(3)5-4-6-13/h7-8,15-16H,4-6,14H2,1-3H3. The molecule has 0 atom stereocenters. The highest BCUT2D eigenvalue weighted by atomic mass is 32.2. The molecule has 0 radical (unpaired) electrons. The molecule has 0 saturated heterocycles. The molecule has 0 amide bonds. The summed E-state index contributed by atoms with van der Waals surface area (Å²) < 4.78 is 27.9. The van der Waals surface area contributed by atoms with Crippen LogP contribution in [-0.2, 0) is 10.0 Å². The molecule has 0 unspecified atom stereocenters. The maximum Gasteiger partial charge on any atom is 0.241 e. The average Bonchev–Trinajstić information content (AvgIpc) is 2.24. The van der Waals surface area contributed by atoms with Gasteiger partial charge in [0.25, 0.3) is 0 Å². The first-order valence-electron chi connectivity index (χ1n) is 6.39. The zero-order valence-electron chi connectivity index (χ0n) is 11.6. The van der Waals surface area contributed by atoms with Crippen molar-refractivity contribution in [2.45, 2.75) is 50.5 Å². The number of hydrogen-bond acceptors (Lipinski definition) is 4. The van der Waals surface area contributed by atoms with Crippen molar-refractivity contribution >= 4 is 15.7 Å². The minimum absolute atomic E-state index is 0.289.